The Hall–Kier alpha value is -0.790. The van der Waals surface area contributed by atoms with Gasteiger partial charge in [0.05, 0.1) is 5.41 Å². The molecule has 2 heteroatoms. The minimum atomic E-state index is -0.131. The van der Waals surface area contributed by atoms with Gasteiger partial charge < -0.3 is 5.32 Å². The number of allylic oxidation sites excluding steroid dienone is 1. The largest absolute Gasteiger partial charge is 0.352 e. The third-order valence-corrected chi connectivity index (χ3v) is 2.69. The molecule has 0 aliphatic carbocycles. The Morgan fingerprint density at radius 2 is 2.45 bits per heavy atom. The van der Waals surface area contributed by atoms with Crippen molar-refractivity contribution in [3.8, 4) is 0 Å². The molecule has 1 rings (SSSR count). The van der Waals surface area contributed by atoms with E-state index in [1.54, 1.807) is 0 Å². The molecule has 0 spiro atoms. The van der Waals surface area contributed by atoms with Gasteiger partial charge in [0.15, 0.2) is 0 Å². The van der Waals surface area contributed by atoms with Crippen LogP contribution in [0.5, 0.6) is 0 Å². The van der Waals surface area contributed by atoms with Crippen molar-refractivity contribution in [1.82, 2.24) is 5.32 Å². The molecule has 0 aromatic rings. The number of amides is 1. The highest BCUT2D eigenvalue weighted by Gasteiger charge is 2.47. The second-order valence-corrected chi connectivity index (χ2v) is 3.44. The SMILES string of the molecule is C=CCC[C@]1(C)C(=O)N[C@H]1C. The zero-order chi connectivity index (χ0) is 8.48. The maximum absolute atomic E-state index is 11.1. The maximum Gasteiger partial charge on any atom is 0.228 e. The average molecular weight is 153 g/mol. The first-order valence-electron chi connectivity index (χ1n) is 4.03. The first kappa shape index (κ1) is 8.31. The van der Waals surface area contributed by atoms with E-state index < -0.39 is 0 Å². The van der Waals surface area contributed by atoms with Crippen LogP contribution in [-0.2, 0) is 4.79 Å². The van der Waals surface area contributed by atoms with Crippen molar-refractivity contribution < 1.29 is 4.79 Å². The van der Waals surface area contributed by atoms with Gasteiger partial charge in [0.25, 0.3) is 0 Å². The van der Waals surface area contributed by atoms with Crippen LogP contribution < -0.4 is 5.32 Å². The normalized spacial score (nSPS) is 35.8. The Morgan fingerprint density at radius 3 is 2.82 bits per heavy atom. The van der Waals surface area contributed by atoms with Crippen LogP contribution in [0.15, 0.2) is 12.7 Å². The van der Waals surface area contributed by atoms with Gasteiger partial charge in [-0.2, -0.15) is 0 Å². The van der Waals surface area contributed by atoms with E-state index >= 15 is 0 Å². The molecule has 1 amide bonds. The molecule has 62 valence electrons. The average Bonchev–Trinajstić information content (AvgIpc) is 2.01. The molecule has 0 aromatic carbocycles. The predicted octanol–water partition coefficient (Wildman–Crippen LogP) is 1.48. The van der Waals surface area contributed by atoms with E-state index in [4.69, 9.17) is 0 Å². The van der Waals surface area contributed by atoms with Gasteiger partial charge in [0.2, 0.25) is 5.91 Å². The molecule has 0 saturated carbocycles. The molecule has 1 saturated heterocycles. The molecule has 11 heavy (non-hydrogen) atoms. The van der Waals surface area contributed by atoms with Crippen LogP contribution in [0.25, 0.3) is 0 Å². The fourth-order valence-electron chi connectivity index (χ4n) is 1.37. The molecule has 0 radical (unpaired) electrons. The van der Waals surface area contributed by atoms with Gasteiger partial charge in [-0.05, 0) is 26.7 Å². The molecule has 2 nitrogen and oxygen atoms in total. The molecule has 1 heterocycles. The van der Waals surface area contributed by atoms with E-state index in [9.17, 15) is 4.79 Å². The van der Waals surface area contributed by atoms with Gasteiger partial charge in [0.1, 0.15) is 0 Å². The summed E-state index contributed by atoms with van der Waals surface area (Å²) in [5, 5.41) is 2.83. The fourth-order valence-corrected chi connectivity index (χ4v) is 1.37. The number of carbonyl (C=O) groups excluding carboxylic acids is 1. The summed E-state index contributed by atoms with van der Waals surface area (Å²) in [7, 11) is 0. The van der Waals surface area contributed by atoms with Gasteiger partial charge in [-0.15, -0.1) is 6.58 Å². The highest BCUT2D eigenvalue weighted by molar-refractivity contribution is 5.89. The van der Waals surface area contributed by atoms with Crippen molar-refractivity contribution in [2.75, 3.05) is 0 Å². The molecular formula is C9H15NO. The summed E-state index contributed by atoms with van der Waals surface area (Å²) in [5.74, 6) is 0.187. The number of hydrogen-bond acceptors (Lipinski definition) is 1. The Labute approximate surface area is 67.7 Å². The summed E-state index contributed by atoms with van der Waals surface area (Å²) >= 11 is 0. The highest BCUT2D eigenvalue weighted by Crippen LogP contribution is 2.34. The van der Waals surface area contributed by atoms with Crippen LogP contribution in [0.1, 0.15) is 26.7 Å². The van der Waals surface area contributed by atoms with Crippen molar-refractivity contribution >= 4 is 5.91 Å². The van der Waals surface area contributed by atoms with Crippen LogP contribution in [0.3, 0.4) is 0 Å². The van der Waals surface area contributed by atoms with Gasteiger partial charge >= 0.3 is 0 Å². The third kappa shape index (κ3) is 1.17. The summed E-state index contributed by atoms with van der Waals surface area (Å²) in [6.07, 6.45) is 3.71. The molecule has 0 aromatic heterocycles. The van der Waals surface area contributed by atoms with Gasteiger partial charge in [-0.25, -0.2) is 0 Å². The minimum Gasteiger partial charge on any atom is -0.352 e. The molecule has 2 atom stereocenters. The van der Waals surface area contributed by atoms with E-state index in [2.05, 4.69) is 11.9 Å². The summed E-state index contributed by atoms with van der Waals surface area (Å²) in [6, 6.07) is 0.329. The molecule has 0 unspecified atom stereocenters. The quantitative estimate of drug-likeness (QED) is 0.483. The number of carbonyl (C=O) groups is 1. The van der Waals surface area contributed by atoms with Crippen molar-refractivity contribution in [3.05, 3.63) is 12.7 Å². The number of β-lactam (4-membered cyclic amide) rings is 1. The smallest absolute Gasteiger partial charge is 0.228 e. The van der Waals surface area contributed by atoms with Crippen LogP contribution >= 0.6 is 0 Å². The summed E-state index contributed by atoms with van der Waals surface area (Å²) in [4.78, 5) is 11.1. The lowest BCUT2D eigenvalue weighted by Crippen LogP contribution is -2.64. The summed E-state index contributed by atoms with van der Waals surface area (Å²) in [5.41, 5.74) is -0.131. The van der Waals surface area contributed by atoms with Crippen molar-refractivity contribution in [1.29, 1.82) is 0 Å². The lowest BCUT2D eigenvalue weighted by molar-refractivity contribution is -0.144. The van der Waals surface area contributed by atoms with Crippen molar-refractivity contribution in [3.63, 3.8) is 0 Å². The molecular weight excluding hydrogens is 138 g/mol. The molecule has 1 aliphatic rings. The first-order chi connectivity index (χ1) is 5.11. The van der Waals surface area contributed by atoms with Gasteiger partial charge in [-0.3, -0.25) is 4.79 Å². The molecule has 1 aliphatic heterocycles. The zero-order valence-corrected chi connectivity index (χ0v) is 7.18. The number of rotatable bonds is 3. The fraction of sp³-hybridized carbons (Fsp3) is 0.667. The van der Waals surface area contributed by atoms with Crippen LogP contribution in [0, 0.1) is 5.41 Å². The summed E-state index contributed by atoms with van der Waals surface area (Å²) < 4.78 is 0. The van der Waals surface area contributed by atoms with Crippen molar-refractivity contribution in [2.45, 2.75) is 32.7 Å². The van der Waals surface area contributed by atoms with Gasteiger partial charge in [-0.1, -0.05) is 6.08 Å². The van der Waals surface area contributed by atoms with Crippen LogP contribution in [-0.4, -0.2) is 11.9 Å². The Bertz CT molecular complexity index is 188. The third-order valence-electron chi connectivity index (χ3n) is 2.69. The topological polar surface area (TPSA) is 29.1 Å². The minimum absolute atomic E-state index is 0.131. The Balaban J connectivity index is 2.51. The second kappa shape index (κ2) is 2.68. The van der Waals surface area contributed by atoms with Crippen LogP contribution in [0.4, 0.5) is 0 Å². The van der Waals surface area contributed by atoms with Crippen molar-refractivity contribution in [2.24, 2.45) is 5.41 Å². The predicted molar refractivity (Wildman–Crippen MR) is 45.1 cm³/mol. The molecule has 1 fully saturated rings. The van der Waals surface area contributed by atoms with E-state index in [0.717, 1.165) is 12.8 Å². The van der Waals surface area contributed by atoms with Crippen LogP contribution in [0.2, 0.25) is 0 Å². The Morgan fingerprint density at radius 1 is 1.82 bits per heavy atom. The lowest BCUT2D eigenvalue weighted by Gasteiger charge is -2.44. The molecule has 0 bridgehead atoms. The van der Waals surface area contributed by atoms with E-state index in [1.807, 2.05) is 19.9 Å². The van der Waals surface area contributed by atoms with E-state index in [-0.39, 0.29) is 11.3 Å². The van der Waals surface area contributed by atoms with E-state index in [0.29, 0.717) is 6.04 Å². The summed E-state index contributed by atoms with van der Waals surface area (Å²) in [6.45, 7) is 7.70. The lowest BCUT2D eigenvalue weighted by atomic mass is 9.72. The maximum atomic E-state index is 11.1. The standard InChI is InChI=1S/C9H15NO/c1-4-5-6-9(3)7(2)10-8(9)11/h4,7H,1,5-6H2,2-3H3,(H,10,11)/t7-,9-/m0/s1. The first-order valence-corrected chi connectivity index (χ1v) is 4.03. The number of hydrogen-bond donors (Lipinski definition) is 1. The number of nitrogens with one attached hydrogen (secondary N) is 1. The molecule has 1 N–H and O–H groups in total. The zero-order valence-electron chi connectivity index (χ0n) is 7.18. The van der Waals surface area contributed by atoms with Gasteiger partial charge in [0, 0.05) is 6.04 Å². The highest BCUT2D eigenvalue weighted by atomic mass is 16.2. The van der Waals surface area contributed by atoms with E-state index in [1.165, 1.54) is 0 Å². The second-order valence-electron chi connectivity index (χ2n) is 3.44. The Kier molecular flexibility index (Phi) is 2.03. The monoisotopic (exact) mass is 153 g/mol.